The molecule has 1 aliphatic heterocycles. The second-order valence-electron chi connectivity index (χ2n) is 5.69. The minimum absolute atomic E-state index is 0.0995. The lowest BCUT2D eigenvalue weighted by atomic mass is 9.94. The number of carbonyl (C=O) groups is 1. The Hall–Kier alpha value is -0.810. The minimum atomic E-state index is 0.0995. The van der Waals surface area contributed by atoms with Crippen molar-refractivity contribution in [3.05, 3.63) is 0 Å². The highest BCUT2D eigenvalue weighted by molar-refractivity contribution is 5.76. The molecule has 0 bridgehead atoms. The molecule has 0 aromatic carbocycles. The van der Waals surface area contributed by atoms with Gasteiger partial charge < -0.3 is 16.0 Å². The van der Waals surface area contributed by atoms with Crippen LogP contribution in [0.25, 0.3) is 0 Å². The molecular formula is C14H28N4O. The predicted octanol–water partition coefficient (Wildman–Crippen LogP) is 0.995. The van der Waals surface area contributed by atoms with E-state index in [1.807, 2.05) is 4.90 Å². The summed E-state index contributed by atoms with van der Waals surface area (Å²) >= 11 is 0. The van der Waals surface area contributed by atoms with Crippen LogP contribution in [0, 0.1) is 0 Å². The van der Waals surface area contributed by atoms with Gasteiger partial charge in [0.1, 0.15) is 0 Å². The molecule has 5 nitrogen and oxygen atoms in total. The molecule has 1 heterocycles. The summed E-state index contributed by atoms with van der Waals surface area (Å²) < 4.78 is 0. The Bertz CT molecular complexity index is 279. The molecule has 3 N–H and O–H groups in total. The number of nitrogens with one attached hydrogen (secondary N) is 1. The van der Waals surface area contributed by atoms with Gasteiger partial charge in [0.05, 0.1) is 0 Å². The van der Waals surface area contributed by atoms with E-state index in [-0.39, 0.29) is 6.03 Å². The van der Waals surface area contributed by atoms with Crippen molar-refractivity contribution >= 4 is 6.03 Å². The highest BCUT2D eigenvalue weighted by atomic mass is 16.2. The van der Waals surface area contributed by atoms with Crippen molar-refractivity contribution in [2.24, 2.45) is 5.73 Å². The Morgan fingerprint density at radius 3 is 2.68 bits per heavy atom. The molecule has 0 unspecified atom stereocenters. The molecule has 110 valence electrons. The highest BCUT2D eigenvalue weighted by Gasteiger charge is 2.23. The number of amides is 2. The fourth-order valence-electron chi connectivity index (χ4n) is 3.19. The molecule has 19 heavy (non-hydrogen) atoms. The van der Waals surface area contributed by atoms with Gasteiger partial charge in [-0.15, -0.1) is 0 Å². The van der Waals surface area contributed by atoms with Crippen LogP contribution in [0.1, 0.15) is 38.5 Å². The Morgan fingerprint density at radius 1 is 1.26 bits per heavy atom. The lowest BCUT2D eigenvalue weighted by molar-refractivity contribution is 0.140. The second kappa shape index (κ2) is 7.70. The van der Waals surface area contributed by atoms with Gasteiger partial charge in [0.15, 0.2) is 0 Å². The summed E-state index contributed by atoms with van der Waals surface area (Å²) in [4.78, 5) is 16.0. The van der Waals surface area contributed by atoms with E-state index in [1.165, 1.54) is 32.1 Å². The van der Waals surface area contributed by atoms with E-state index in [4.69, 9.17) is 5.73 Å². The predicted molar refractivity (Wildman–Crippen MR) is 77.1 cm³/mol. The normalized spacial score (nSPS) is 21.2. The van der Waals surface area contributed by atoms with Crippen LogP contribution in [-0.4, -0.2) is 61.1 Å². The number of hydrogen-bond donors (Lipinski definition) is 2. The van der Waals surface area contributed by atoms with E-state index in [2.05, 4.69) is 10.2 Å². The van der Waals surface area contributed by atoms with Crippen LogP contribution < -0.4 is 11.1 Å². The number of nitrogens with two attached hydrogens (primary N) is 1. The van der Waals surface area contributed by atoms with Crippen LogP contribution in [0.2, 0.25) is 0 Å². The number of rotatable bonds is 7. The molecule has 1 saturated carbocycles. The van der Waals surface area contributed by atoms with E-state index < -0.39 is 0 Å². The van der Waals surface area contributed by atoms with Crippen LogP contribution in [0.4, 0.5) is 4.79 Å². The Balaban J connectivity index is 1.80. The van der Waals surface area contributed by atoms with Crippen molar-refractivity contribution < 1.29 is 4.79 Å². The van der Waals surface area contributed by atoms with Crippen molar-refractivity contribution in [2.75, 3.05) is 39.3 Å². The lowest BCUT2D eigenvalue weighted by Gasteiger charge is -2.35. The molecule has 2 amide bonds. The zero-order valence-corrected chi connectivity index (χ0v) is 11.9. The van der Waals surface area contributed by atoms with E-state index in [1.54, 1.807) is 0 Å². The molecule has 1 saturated heterocycles. The smallest absolute Gasteiger partial charge is 0.317 e. The highest BCUT2D eigenvalue weighted by Crippen LogP contribution is 2.22. The molecule has 0 aromatic heterocycles. The third-order valence-electron chi connectivity index (χ3n) is 4.34. The first-order valence-corrected chi connectivity index (χ1v) is 7.78. The Kier molecular flexibility index (Phi) is 5.92. The van der Waals surface area contributed by atoms with Gasteiger partial charge in [0.25, 0.3) is 0 Å². The maximum Gasteiger partial charge on any atom is 0.317 e. The zero-order chi connectivity index (χ0) is 13.5. The summed E-state index contributed by atoms with van der Waals surface area (Å²) in [7, 11) is 0. The molecule has 0 aromatic rings. The SMILES string of the molecule is NCCCN(CCN1CCNC1=O)C1CCCCC1. The van der Waals surface area contributed by atoms with E-state index >= 15 is 0 Å². The van der Waals surface area contributed by atoms with Crippen molar-refractivity contribution in [3.63, 3.8) is 0 Å². The summed E-state index contributed by atoms with van der Waals surface area (Å²) in [6, 6.07) is 0.813. The first kappa shape index (κ1) is 14.6. The number of nitrogens with zero attached hydrogens (tertiary/aromatic N) is 2. The fraction of sp³-hybridized carbons (Fsp3) is 0.929. The molecular weight excluding hydrogens is 240 g/mol. The molecule has 2 rings (SSSR count). The Labute approximate surface area is 116 Å². The van der Waals surface area contributed by atoms with E-state index in [9.17, 15) is 4.79 Å². The molecule has 1 aliphatic carbocycles. The largest absolute Gasteiger partial charge is 0.336 e. The maximum absolute atomic E-state index is 11.6. The van der Waals surface area contributed by atoms with Gasteiger partial charge in [-0.05, 0) is 32.4 Å². The first-order chi connectivity index (χ1) is 9.31. The van der Waals surface area contributed by atoms with Crippen molar-refractivity contribution in [2.45, 2.75) is 44.6 Å². The van der Waals surface area contributed by atoms with Gasteiger partial charge in [-0.25, -0.2) is 4.79 Å². The molecule has 0 radical (unpaired) electrons. The second-order valence-corrected chi connectivity index (χ2v) is 5.69. The molecule has 2 fully saturated rings. The van der Waals surface area contributed by atoms with Gasteiger partial charge in [-0.1, -0.05) is 19.3 Å². The van der Waals surface area contributed by atoms with E-state index in [0.29, 0.717) is 6.04 Å². The minimum Gasteiger partial charge on any atom is -0.336 e. The van der Waals surface area contributed by atoms with Crippen molar-refractivity contribution in [3.8, 4) is 0 Å². The summed E-state index contributed by atoms with van der Waals surface area (Å²) in [6.07, 6.45) is 7.79. The quantitative estimate of drug-likeness (QED) is 0.724. The molecule has 2 aliphatic rings. The zero-order valence-electron chi connectivity index (χ0n) is 11.9. The van der Waals surface area contributed by atoms with Gasteiger partial charge in [-0.2, -0.15) is 0 Å². The topological polar surface area (TPSA) is 61.6 Å². The maximum atomic E-state index is 11.6. The first-order valence-electron chi connectivity index (χ1n) is 7.78. The summed E-state index contributed by atoms with van der Waals surface area (Å²) in [6.45, 7) is 5.34. The monoisotopic (exact) mass is 268 g/mol. The third kappa shape index (κ3) is 4.35. The number of carbonyl (C=O) groups excluding carboxylic acids is 1. The molecule has 0 spiro atoms. The number of hydrogen-bond acceptors (Lipinski definition) is 3. The molecule has 0 atom stereocenters. The number of urea groups is 1. The van der Waals surface area contributed by atoms with Crippen LogP contribution in [0.15, 0.2) is 0 Å². The van der Waals surface area contributed by atoms with Gasteiger partial charge in [0, 0.05) is 32.2 Å². The van der Waals surface area contributed by atoms with Crippen LogP contribution in [0.3, 0.4) is 0 Å². The molecule has 5 heteroatoms. The lowest BCUT2D eigenvalue weighted by Crippen LogP contribution is -2.43. The summed E-state index contributed by atoms with van der Waals surface area (Å²) in [5, 5.41) is 2.86. The standard InChI is InChI=1S/C14H28N4O/c15-7-4-9-17(13-5-2-1-3-6-13)11-12-18-10-8-16-14(18)19/h13H,1-12,15H2,(H,16,19). The van der Waals surface area contributed by atoms with Crippen LogP contribution in [0.5, 0.6) is 0 Å². The fourth-order valence-corrected chi connectivity index (χ4v) is 3.19. The van der Waals surface area contributed by atoms with Gasteiger partial charge >= 0.3 is 6.03 Å². The van der Waals surface area contributed by atoms with Crippen LogP contribution in [-0.2, 0) is 0 Å². The van der Waals surface area contributed by atoms with Crippen molar-refractivity contribution in [1.29, 1.82) is 0 Å². The van der Waals surface area contributed by atoms with Gasteiger partial charge in [-0.3, -0.25) is 4.90 Å². The summed E-state index contributed by atoms with van der Waals surface area (Å²) in [5.74, 6) is 0. The van der Waals surface area contributed by atoms with Crippen molar-refractivity contribution in [1.82, 2.24) is 15.1 Å². The van der Waals surface area contributed by atoms with Crippen LogP contribution >= 0.6 is 0 Å². The van der Waals surface area contributed by atoms with E-state index in [0.717, 1.165) is 45.7 Å². The average Bonchev–Trinajstić information content (AvgIpc) is 2.85. The van der Waals surface area contributed by atoms with Gasteiger partial charge in [0.2, 0.25) is 0 Å². The Morgan fingerprint density at radius 2 is 2.05 bits per heavy atom. The average molecular weight is 268 g/mol. The summed E-state index contributed by atoms with van der Waals surface area (Å²) in [5.41, 5.74) is 5.65. The third-order valence-corrected chi connectivity index (χ3v) is 4.34.